The first kappa shape index (κ1) is 14.2. The first-order valence-electron chi connectivity index (χ1n) is 2.62. The number of halogens is 1. The summed E-state index contributed by atoms with van der Waals surface area (Å²) in [7, 11) is 4.67. The van der Waals surface area contributed by atoms with Crippen molar-refractivity contribution in [2.45, 2.75) is 6.92 Å². The van der Waals surface area contributed by atoms with Crippen LogP contribution in [0, 0.1) is 14.4 Å². The van der Waals surface area contributed by atoms with Crippen molar-refractivity contribution in [3.8, 4) is 5.75 Å². The van der Waals surface area contributed by atoms with Gasteiger partial charge in [0.05, 0.1) is 6.26 Å². The zero-order chi connectivity index (χ0) is 8.85. The Labute approximate surface area is 85.3 Å². The molecule has 1 rings (SSSR count). The summed E-state index contributed by atoms with van der Waals surface area (Å²) in [6, 6.07) is 1.17. The second-order valence-corrected chi connectivity index (χ2v) is 1.69. The summed E-state index contributed by atoms with van der Waals surface area (Å²) >= 11 is 1.33. The van der Waals surface area contributed by atoms with E-state index >= 15 is 0 Å². The van der Waals surface area contributed by atoms with E-state index in [9.17, 15) is 4.79 Å². The van der Waals surface area contributed by atoms with Crippen LogP contribution < -0.4 is 5.43 Å². The van der Waals surface area contributed by atoms with E-state index in [0.717, 1.165) is 0 Å². The van der Waals surface area contributed by atoms with E-state index in [4.69, 9.17) is 5.11 Å². The van der Waals surface area contributed by atoms with Crippen LogP contribution in [0.25, 0.3) is 0 Å². The predicted molar refractivity (Wildman–Crippen MR) is 43.6 cm³/mol. The summed E-state index contributed by atoms with van der Waals surface area (Å²) in [6.45, 7) is 1.52. The quantitative estimate of drug-likeness (QED) is 0.712. The van der Waals surface area contributed by atoms with Crippen LogP contribution in [0.1, 0.15) is 5.76 Å². The molecule has 12 heavy (non-hydrogen) atoms. The van der Waals surface area contributed by atoms with Crippen LogP contribution in [0.15, 0.2) is 21.5 Å². The molecule has 1 heterocycles. The van der Waals surface area contributed by atoms with Gasteiger partial charge in [0.25, 0.3) is 0 Å². The minimum absolute atomic E-state index is 0. The van der Waals surface area contributed by atoms with Gasteiger partial charge in [0.1, 0.15) is 5.76 Å². The Bertz CT molecular complexity index is 272. The van der Waals surface area contributed by atoms with E-state index in [1.165, 1.54) is 36.9 Å². The van der Waals surface area contributed by atoms with Crippen molar-refractivity contribution in [2.24, 2.45) is 0 Å². The second-order valence-electron chi connectivity index (χ2n) is 1.69. The summed E-state index contributed by atoms with van der Waals surface area (Å²) in [5, 5.41) is 8.80. The number of aryl methyl sites for hydroxylation is 1. The number of hydrogen-bond donors (Lipinski definition) is 1. The van der Waals surface area contributed by atoms with Gasteiger partial charge in [-0.15, -0.1) is 0 Å². The molecule has 0 aliphatic carbocycles. The van der Waals surface area contributed by atoms with Gasteiger partial charge in [0, 0.05) is 6.07 Å². The number of hydrogen-bond acceptors (Lipinski definition) is 3. The minimum atomic E-state index is -0.404. The van der Waals surface area contributed by atoms with Crippen molar-refractivity contribution >= 4 is 9.64 Å². The number of aromatic hydroxyl groups is 1. The normalized spacial score (nSPS) is 7.58. The van der Waals surface area contributed by atoms with Crippen molar-refractivity contribution in [1.29, 1.82) is 0 Å². The van der Waals surface area contributed by atoms with Gasteiger partial charge in [0.15, 0.2) is 0 Å². The van der Waals surface area contributed by atoms with Crippen molar-refractivity contribution in [2.75, 3.05) is 0 Å². The van der Waals surface area contributed by atoms with Gasteiger partial charge in [-0.05, 0) is 6.92 Å². The summed E-state index contributed by atoms with van der Waals surface area (Å²) in [6.07, 6.45) is 1.25. The van der Waals surface area contributed by atoms with Gasteiger partial charge in [-0.1, -0.05) is 0 Å². The van der Waals surface area contributed by atoms with E-state index in [1.807, 2.05) is 0 Å². The van der Waals surface area contributed by atoms with Crippen LogP contribution >= 0.6 is 9.64 Å². The summed E-state index contributed by atoms with van der Waals surface area (Å²) in [5.74, 6) is -0.0556. The SMILES string of the molecule is Cc1occc(=O)c1O.[CH3-].[Cl][Os]. The van der Waals surface area contributed by atoms with E-state index in [0.29, 0.717) is 0 Å². The van der Waals surface area contributed by atoms with Crippen LogP contribution in [0.2, 0.25) is 0 Å². The number of rotatable bonds is 0. The topological polar surface area (TPSA) is 50.4 Å². The van der Waals surface area contributed by atoms with E-state index in [2.05, 4.69) is 14.1 Å². The molecule has 1 aromatic heterocycles. The average molecular weight is 367 g/mol. The van der Waals surface area contributed by atoms with Gasteiger partial charge in [-0.25, -0.2) is 0 Å². The fourth-order valence-electron chi connectivity index (χ4n) is 0.506. The Kier molecular flexibility index (Phi) is 8.69. The fourth-order valence-corrected chi connectivity index (χ4v) is 0.506. The van der Waals surface area contributed by atoms with Crippen molar-refractivity contribution in [3.63, 3.8) is 0 Å². The molecule has 0 aliphatic rings. The first-order chi connectivity index (χ1) is 5.22. The Hall–Kier alpha value is -0.324. The summed E-state index contributed by atoms with van der Waals surface area (Å²) < 4.78 is 4.69. The summed E-state index contributed by atoms with van der Waals surface area (Å²) in [5.41, 5.74) is -0.404. The molecular formula is C7H9ClO3Os-. The molecule has 0 aromatic carbocycles. The summed E-state index contributed by atoms with van der Waals surface area (Å²) in [4.78, 5) is 10.5. The first-order valence-corrected chi connectivity index (χ1v) is 5.77. The monoisotopic (exact) mass is 368 g/mol. The van der Waals surface area contributed by atoms with Gasteiger partial charge in [-0.2, -0.15) is 0 Å². The Morgan fingerprint density at radius 3 is 2.42 bits per heavy atom. The maximum absolute atomic E-state index is 10.5. The van der Waals surface area contributed by atoms with Crippen LogP contribution in [0.5, 0.6) is 5.75 Å². The van der Waals surface area contributed by atoms with Crippen molar-refractivity contribution in [1.82, 2.24) is 0 Å². The molecule has 71 valence electrons. The molecule has 0 atom stereocenters. The molecule has 0 aliphatic heterocycles. The Balaban J connectivity index is 0. The van der Waals surface area contributed by atoms with Gasteiger partial charge < -0.3 is 17.0 Å². The Morgan fingerprint density at radius 2 is 2.08 bits per heavy atom. The molecule has 0 amide bonds. The van der Waals surface area contributed by atoms with E-state index in [-0.39, 0.29) is 18.9 Å². The zero-order valence-corrected chi connectivity index (χ0v) is 9.95. The molecule has 1 aromatic rings. The third-order valence-corrected chi connectivity index (χ3v) is 1.03. The molecule has 0 unspecified atom stereocenters. The van der Waals surface area contributed by atoms with Gasteiger partial charge >= 0.3 is 27.2 Å². The third kappa shape index (κ3) is 3.89. The van der Waals surface area contributed by atoms with Crippen LogP contribution in [0.4, 0.5) is 0 Å². The molecule has 3 nitrogen and oxygen atoms in total. The second kappa shape index (κ2) is 7.33. The molecule has 0 saturated heterocycles. The predicted octanol–water partition coefficient (Wildman–Crippen LogP) is 1.79. The van der Waals surface area contributed by atoms with Crippen LogP contribution in [-0.2, 0) is 17.6 Å². The maximum atomic E-state index is 10.5. The van der Waals surface area contributed by atoms with E-state index in [1.54, 1.807) is 0 Å². The third-order valence-electron chi connectivity index (χ3n) is 1.03. The van der Waals surface area contributed by atoms with E-state index < -0.39 is 5.43 Å². The standard InChI is InChI=1S/C6H6O3.CH3.ClH.Os/c1-4-6(8)5(7)2-3-9-4;;;/h2-3,8H,1H3;1H3;1H;/q;-1;;+1/p-1. The molecular weight excluding hydrogens is 358 g/mol. The van der Waals surface area contributed by atoms with Crippen LogP contribution in [-0.4, -0.2) is 5.11 Å². The fraction of sp³-hybridized carbons (Fsp3) is 0.143. The van der Waals surface area contributed by atoms with Crippen molar-refractivity contribution < 1.29 is 27.1 Å². The molecule has 1 N–H and O–H groups in total. The van der Waals surface area contributed by atoms with Crippen LogP contribution in [0.3, 0.4) is 0 Å². The molecule has 0 spiro atoms. The molecule has 0 fully saturated rings. The molecule has 0 bridgehead atoms. The molecule has 0 saturated carbocycles. The average Bonchev–Trinajstić information content (AvgIpc) is 2.04. The zero-order valence-electron chi connectivity index (χ0n) is 6.65. The van der Waals surface area contributed by atoms with Gasteiger partial charge in [-0.3, -0.25) is 4.79 Å². The Morgan fingerprint density at radius 1 is 1.58 bits per heavy atom. The molecule has 5 heteroatoms. The van der Waals surface area contributed by atoms with Gasteiger partial charge in [0.2, 0.25) is 11.2 Å². The molecule has 0 radical (unpaired) electrons. The van der Waals surface area contributed by atoms with Crippen molar-refractivity contribution in [3.05, 3.63) is 35.7 Å².